The first-order valence-electron chi connectivity index (χ1n) is 3.30. The molecule has 0 aliphatic carbocycles. The van der Waals surface area contributed by atoms with Crippen molar-refractivity contribution in [2.45, 2.75) is 20.3 Å². The van der Waals surface area contributed by atoms with Crippen molar-refractivity contribution in [2.75, 3.05) is 5.88 Å². The lowest BCUT2D eigenvalue weighted by molar-refractivity contribution is 0.654. The third kappa shape index (κ3) is 3.67. The first-order valence-corrected chi connectivity index (χ1v) is 3.83. The van der Waals surface area contributed by atoms with Crippen molar-refractivity contribution in [1.29, 1.82) is 0 Å². The first-order chi connectivity index (χ1) is 4.72. The second-order valence-corrected chi connectivity index (χ2v) is 2.34. The molecule has 0 aromatic carbocycles. The van der Waals surface area contributed by atoms with Gasteiger partial charge in [0.1, 0.15) is 5.83 Å². The normalized spacial score (nSPS) is 14.0. The highest BCUT2D eigenvalue weighted by atomic mass is 35.5. The van der Waals surface area contributed by atoms with E-state index in [4.69, 9.17) is 11.6 Å². The van der Waals surface area contributed by atoms with Crippen molar-refractivity contribution in [3.05, 3.63) is 23.6 Å². The Hall–Kier alpha value is -0.300. The summed E-state index contributed by atoms with van der Waals surface area (Å²) in [4.78, 5) is 0. The van der Waals surface area contributed by atoms with E-state index in [2.05, 4.69) is 0 Å². The van der Waals surface area contributed by atoms with Gasteiger partial charge < -0.3 is 0 Å². The van der Waals surface area contributed by atoms with Gasteiger partial charge in [-0.3, -0.25) is 0 Å². The van der Waals surface area contributed by atoms with E-state index in [0.717, 1.165) is 6.42 Å². The monoisotopic (exact) mass is 162 g/mol. The molecular weight excluding hydrogens is 151 g/mol. The lowest BCUT2D eigenvalue weighted by atomic mass is 10.3. The molecule has 0 amide bonds. The van der Waals surface area contributed by atoms with E-state index in [1.807, 2.05) is 6.92 Å². The van der Waals surface area contributed by atoms with Crippen molar-refractivity contribution >= 4 is 11.6 Å². The van der Waals surface area contributed by atoms with E-state index >= 15 is 0 Å². The number of hydrogen-bond acceptors (Lipinski definition) is 0. The summed E-state index contributed by atoms with van der Waals surface area (Å²) in [6, 6.07) is 0. The van der Waals surface area contributed by atoms with Crippen LogP contribution in [0.25, 0.3) is 0 Å². The average molecular weight is 163 g/mol. The SMILES string of the molecule is CC/C=C\C(F)=C(\C)CCl. The van der Waals surface area contributed by atoms with E-state index in [9.17, 15) is 4.39 Å². The first kappa shape index (κ1) is 9.70. The third-order valence-corrected chi connectivity index (χ3v) is 1.51. The summed E-state index contributed by atoms with van der Waals surface area (Å²) in [6.07, 6.45) is 4.08. The Balaban J connectivity index is 4.04. The summed E-state index contributed by atoms with van der Waals surface area (Å²) in [5, 5.41) is 0. The van der Waals surface area contributed by atoms with Gasteiger partial charge in [0.2, 0.25) is 0 Å². The molecule has 0 bridgehead atoms. The van der Waals surface area contributed by atoms with Gasteiger partial charge in [-0.2, -0.15) is 0 Å². The molecule has 0 rings (SSSR count). The molecule has 0 nitrogen and oxygen atoms in total. The average Bonchev–Trinajstić information content (AvgIpc) is 1.98. The topological polar surface area (TPSA) is 0 Å². The van der Waals surface area contributed by atoms with Gasteiger partial charge in [-0.05, 0) is 25.0 Å². The zero-order chi connectivity index (χ0) is 7.98. The summed E-state index contributed by atoms with van der Waals surface area (Å²) in [6.45, 7) is 3.64. The number of allylic oxidation sites excluding steroid dienone is 4. The van der Waals surface area contributed by atoms with Crippen LogP contribution in [0.4, 0.5) is 4.39 Å². The molecule has 0 atom stereocenters. The van der Waals surface area contributed by atoms with Crippen LogP contribution in [-0.4, -0.2) is 5.88 Å². The van der Waals surface area contributed by atoms with Crippen molar-refractivity contribution < 1.29 is 4.39 Å². The van der Waals surface area contributed by atoms with Crippen molar-refractivity contribution in [3.8, 4) is 0 Å². The van der Waals surface area contributed by atoms with Gasteiger partial charge in [-0.1, -0.05) is 13.0 Å². The maximum absolute atomic E-state index is 12.7. The molecule has 0 spiro atoms. The Kier molecular flexibility index (Phi) is 5.32. The Morgan fingerprint density at radius 3 is 2.60 bits per heavy atom. The van der Waals surface area contributed by atoms with E-state index in [1.54, 1.807) is 13.0 Å². The van der Waals surface area contributed by atoms with Crippen molar-refractivity contribution in [1.82, 2.24) is 0 Å². The molecule has 0 unspecified atom stereocenters. The molecule has 0 saturated carbocycles. The Morgan fingerprint density at radius 1 is 1.60 bits per heavy atom. The van der Waals surface area contributed by atoms with Crippen LogP contribution in [0.15, 0.2) is 23.6 Å². The van der Waals surface area contributed by atoms with Gasteiger partial charge >= 0.3 is 0 Å². The summed E-state index contributed by atoms with van der Waals surface area (Å²) in [7, 11) is 0. The minimum Gasteiger partial charge on any atom is -0.207 e. The fourth-order valence-electron chi connectivity index (χ4n) is 0.427. The van der Waals surface area contributed by atoms with E-state index in [0.29, 0.717) is 5.57 Å². The molecule has 2 heteroatoms. The predicted molar refractivity (Wildman–Crippen MR) is 44.0 cm³/mol. The molecule has 0 aromatic rings. The van der Waals surface area contributed by atoms with Crippen LogP contribution in [0, 0.1) is 0 Å². The molecule has 0 aliphatic rings. The van der Waals surface area contributed by atoms with E-state index in [1.165, 1.54) is 6.08 Å². The fourth-order valence-corrected chi connectivity index (χ4v) is 0.555. The minimum atomic E-state index is -0.211. The Bertz CT molecular complexity index is 147. The summed E-state index contributed by atoms with van der Waals surface area (Å²) < 4.78 is 12.7. The molecule has 0 radical (unpaired) electrons. The third-order valence-electron chi connectivity index (χ3n) is 1.11. The van der Waals surface area contributed by atoms with Crippen LogP contribution in [0.1, 0.15) is 20.3 Å². The molecule has 0 heterocycles. The van der Waals surface area contributed by atoms with Crippen LogP contribution in [0.5, 0.6) is 0 Å². The van der Waals surface area contributed by atoms with Gasteiger partial charge in [-0.15, -0.1) is 11.6 Å². The number of alkyl halides is 1. The molecule has 0 aromatic heterocycles. The predicted octanol–water partition coefficient (Wildman–Crippen LogP) is 3.43. The minimum absolute atomic E-state index is 0.211. The van der Waals surface area contributed by atoms with Crippen molar-refractivity contribution in [3.63, 3.8) is 0 Å². The molecule has 0 aliphatic heterocycles. The van der Waals surface area contributed by atoms with Gasteiger partial charge in [0, 0.05) is 5.88 Å². The summed E-state index contributed by atoms with van der Waals surface area (Å²) >= 11 is 5.39. The van der Waals surface area contributed by atoms with Gasteiger partial charge in [0.05, 0.1) is 0 Å². The highest BCUT2D eigenvalue weighted by Crippen LogP contribution is 2.08. The summed E-state index contributed by atoms with van der Waals surface area (Å²) in [5.41, 5.74) is 0.589. The van der Waals surface area contributed by atoms with Gasteiger partial charge in [0.15, 0.2) is 0 Å². The molecule has 10 heavy (non-hydrogen) atoms. The molecular formula is C8H12ClF. The quantitative estimate of drug-likeness (QED) is 0.441. The van der Waals surface area contributed by atoms with Crippen LogP contribution < -0.4 is 0 Å². The molecule has 0 fully saturated rings. The zero-order valence-corrected chi connectivity index (χ0v) is 7.08. The Morgan fingerprint density at radius 2 is 2.20 bits per heavy atom. The molecule has 58 valence electrons. The van der Waals surface area contributed by atoms with Crippen LogP contribution in [0.3, 0.4) is 0 Å². The van der Waals surface area contributed by atoms with Crippen LogP contribution in [0.2, 0.25) is 0 Å². The smallest absolute Gasteiger partial charge is 0.123 e. The standard InChI is InChI=1S/C8H12ClF/c1-3-4-5-8(10)7(2)6-9/h4-5H,3,6H2,1-2H3/b5-4-,8-7+. The highest BCUT2D eigenvalue weighted by Gasteiger charge is 1.93. The Labute approximate surface area is 66.4 Å². The van der Waals surface area contributed by atoms with Crippen LogP contribution in [-0.2, 0) is 0 Å². The van der Waals surface area contributed by atoms with Crippen LogP contribution >= 0.6 is 11.6 Å². The zero-order valence-electron chi connectivity index (χ0n) is 6.32. The lowest BCUT2D eigenvalue weighted by Gasteiger charge is -1.92. The number of hydrogen-bond donors (Lipinski definition) is 0. The number of halogens is 2. The van der Waals surface area contributed by atoms with Gasteiger partial charge in [0.25, 0.3) is 0 Å². The molecule has 0 saturated heterocycles. The second-order valence-electron chi connectivity index (χ2n) is 2.07. The lowest BCUT2D eigenvalue weighted by Crippen LogP contribution is -1.79. The van der Waals surface area contributed by atoms with Crippen molar-refractivity contribution in [2.24, 2.45) is 0 Å². The van der Waals surface area contributed by atoms with E-state index < -0.39 is 0 Å². The fraction of sp³-hybridized carbons (Fsp3) is 0.500. The largest absolute Gasteiger partial charge is 0.207 e. The second kappa shape index (κ2) is 5.48. The summed E-state index contributed by atoms with van der Waals surface area (Å²) in [5.74, 6) is 0.0525. The highest BCUT2D eigenvalue weighted by molar-refractivity contribution is 6.19. The van der Waals surface area contributed by atoms with E-state index in [-0.39, 0.29) is 11.7 Å². The van der Waals surface area contributed by atoms with Gasteiger partial charge in [-0.25, -0.2) is 4.39 Å². The maximum Gasteiger partial charge on any atom is 0.123 e. The molecule has 0 N–H and O–H groups in total. The maximum atomic E-state index is 12.7. The number of rotatable bonds is 3.